The molecule has 0 fully saturated rings. The average Bonchev–Trinajstić information content (AvgIpc) is 2.47. The Bertz CT molecular complexity index is 385. The van der Waals surface area contributed by atoms with Gasteiger partial charge in [0.05, 0.1) is 0 Å². The minimum absolute atomic E-state index is 0.996. The van der Waals surface area contributed by atoms with Crippen molar-refractivity contribution in [2.45, 2.75) is 26.7 Å². The van der Waals surface area contributed by atoms with Gasteiger partial charge in [-0.1, -0.05) is 30.3 Å². The van der Waals surface area contributed by atoms with Gasteiger partial charge in [0.1, 0.15) is 0 Å². The van der Waals surface area contributed by atoms with Crippen LogP contribution in [0.2, 0.25) is 0 Å². The summed E-state index contributed by atoms with van der Waals surface area (Å²) in [4.78, 5) is 4.56. The van der Waals surface area contributed by atoms with Gasteiger partial charge in [-0.15, -0.1) is 0 Å². The average molecular weight is 185 g/mol. The summed E-state index contributed by atoms with van der Waals surface area (Å²) in [6, 6.07) is 10.5. The van der Waals surface area contributed by atoms with Crippen LogP contribution in [0.3, 0.4) is 0 Å². The first-order valence-electron chi connectivity index (χ1n) is 5.02. The number of benzene rings is 1. The molecule has 0 aliphatic carbocycles. The highest BCUT2D eigenvalue weighted by Gasteiger charge is 2.11. The minimum atomic E-state index is 0.996. The lowest BCUT2D eigenvalue weighted by Gasteiger charge is -2.00. The van der Waals surface area contributed by atoms with Crippen molar-refractivity contribution in [1.82, 2.24) is 0 Å². The van der Waals surface area contributed by atoms with Gasteiger partial charge in [0, 0.05) is 24.3 Å². The molecule has 1 heterocycles. The van der Waals surface area contributed by atoms with E-state index in [-0.39, 0.29) is 0 Å². The number of hydrogen-bond donors (Lipinski definition) is 0. The zero-order chi connectivity index (χ0) is 9.97. The van der Waals surface area contributed by atoms with E-state index in [2.05, 4.69) is 49.2 Å². The molecule has 1 heteroatoms. The largest absolute Gasteiger partial charge is 0.262 e. The monoisotopic (exact) mass is 185 g/mol. The standard InChI is InChI=1S/C13H15N/c1-10-8-13(14-11(10)2)9-12-6-4-3-5-7-12/h3-7H,8-9H2,1-2H3. The van der Waals surface area contributed by atoms with E-state index in [0.717, 1.165) is 12.8 Å². The highest BCUT2D eigenvalue weighted by molar-refractivity contribution is 5.91. The molecular formula is C13H15N. The van der Waals surface area contributed by atoms with E-state index >= 15 is 0 Å². The highest BCUT2D eigenvalue weighted by Crippen LogP contribution is 2.20. The van der Waals surface area contributed by atoms with Crippen LogP contribution < -0.4 is 0 Å². The fraction of sp³-hybridized carbons (Fsp3) is 0.308. The van der Waals surface area contributed by atoms with Crippen LogP contribution >= 0.6 is 0 Å². The smallest absolute Gasteiger partial charge is 0.0365 e. The zero-order valence-corrected chi connectivity index (χ0v) is 8.75. The molecule has 0 bridgehead atoms. The number of rotatable bonds is 2. The molecule has 2 rings (SSSR count). The van der Waals surface area contributed by atoms with Crippen molar-refractivity contribution in [3.05, 3.63) is 47.2 Å². The summed E-state index contributed by atoms with van der Waals surface area (Å²) in [6.07, 6.45) is 2.05. The number of hydrogen-bond acceptors (Lipinski definition) is 1. The van der Waals surface area contributed by atoms with Crippen LogP contribution in [-0.2, 0) is 6.42 Å². The van der Waals surface area contributed by atoms with E-state index < -0.39 is 0 Å². The second kappa shape index (κ2) is 3.79. The van der Waals surface area contributed by atoms with Gasteiger partial charge in [-0.2, -0.15) is 0 Å². The van der Waals surface area contributed by atoms with E-state index in [1.165, 1.54) is 22.5 Å². The summed E-state index contributed by atoms with van der Waals surface area (Å²) in [6.45, 7) is 4.25. The highest BCUT2D eigenvalue weighted by atomic mass is 14.8. The van der Waals surface area contributed by atoms with Gasteiger partial charge in [0.15, 0.2) is 0 Å². The van der Waals surface area contributed by atoms with Crippen molar-refractivity contribution in [3.8, 4) is 0 Å². The van der Waals surface area contributed by atoms with Crippen LogP contribution in [0.4, 0.5) is 0 Å². The first kappa shape index (κ1) is 9.20. The van der Waals surface area contributed by atoms with Crippen molar-refractivity contribution < 1.29 is 0 Å². The maximum Gasteiger partial charge on any atom is 0.0365 e. The van der Waals surface area contributed by atoms with Gasteiger partial charge < -0.3 is 0 Å². The molecule has 1 nitrogen and oxygen atoms in total. The molecule has 0 amide bonds. The molecule has 1 aliphatic rings. The van der Waals surface area contributed by atoms with Crippen LogP contribution in [0, 0.1) is 0 Å². The summed E-state index contributed by atoms with van der Waals surface area (Å²) in [5.41, 5.74) is 5.27. The molecule has 1 aliphatic heterocycles. The Kier molecular flexibility index (Phi) is 2.49. The van der Waals surface area contributed by atoms with E-state index in [1.807, 2.05) is 0 Å². The zero-order valence-electron chi connectivity index (χ0n) is 8.75. The Morgan fingerprint density at radius 2 is 1.86 bits per heavy atom. The van der Waals surface area contributed by atoms with Crippen LogP contribution in [0.1, 0.15) is 25.8 Å². The fourth-order valence-electron chi connectivity index (χ4n) is 1.74. The van der Waals surface area contributed by atoms with Crippen LogP contribution in [0.5, 0.6) is 0 Å². The first-order chi connectivity index (χ1) is 6.75. The summed E-state index contributed by atoms with van der Waals surface area (Å²) in [5, 5.41) is 0. The van der Waals surface area contributed by atoms with Gasteiger partial charge in [0.2, 0.25) is 0 Å². The Morgan fingerprint density at radius 1 is 1.14 bits per heavy atom. The minimum Gasteiger partial charge on any atom is -0.262 e. The summed E-state index contributed by atoms with van der Waals surface area (Å²) in [7, 11) is 0. The molecular weight excluding hydrogens is 170 g/mol. The van der Waals surface area contributed by atoms with E-state index in [0.29, 0.717) is 0 Å². The van der Waals surface area contributed by atoms with Crippen molar-refractivity contribution in [3.63, 3.8) is 0 Å². The summed E-state index contributed by atoms with van der Waals surface area (Å²) in [5.74, 6) is 0. The Hall–Kier alpha value is -1.37. The van der Waals surface area contributed by atoms with Crippen molar-refractivity contribution in [2.75, 3.05) is 0 Å². The van der Waals surface area contributed by atoms with Gasteiger partial charge in [-0.3, -0.25) is 4.99 Å². The molecule has 0 saturated heterocycles. The predicted octanol–water partition coefficient (Wildman–Crippen LogP) is 3.37. The van der Waals surface area contributed by atoms with Crippen molar-refractivity contribution >= 4 is 5.71 Å². The normalized spacial score (nSPS) is 16.0. The lowest BCUT2D eigenvalue weighted by atomic mass is 10.0. The Balaban J connectivity index is 2.06. The lowest BCUT2D eigenvalue weighted by Crippen LogP contribution is -1.99. The third-order valence-corrected chi connectivity index (χ3v) is 2.66. The van der Waals surface area contributed by atoms with Gasteiger partial charge in [-0.05, 0) is 25.0 Å². The maximum atomic E-state index is 4.56. The molecule has 0 spiro atoms. The topological polar surface area (TPSA) is 12.4 Å². The van der Waals surface area contributed by atoms with E-state index in [4.69, 9.17) is 0 Å². The molecule has 1 aromatic rings. The number of aliphatic imine (C=N–C) groups is 1. The van der Waals surface area contributed by atoms with Crippen LogP contribution in [0.15, 0.2) is 46.6 Å². The molecule has 0 unspecified atom stereocenters. The third kappa shape index (κ3) is 1.92. The second-order valence-electron chi connectivity index (χ2n) is 3.88. The molecule has 0 atom stereocenters. The quantitative estimate of drug-likeness (QED) is 0.670. The van der Waals surface area contributed by atoms with E-state index in [1.54, 1.807) is 0 Å². The molecule has 0 radical (unpaired) electrons. The molecule has 0 N–H and O–H groups in total. The predicted molar refractivity (Wildman–Crippen MR) is 60.6 cm³/mol. The second-order valence-corrected chi connectivity index (χ2v) is 3.88. The van der Waals surface area contributed by atoms with Crippen molar-refractivity contribution in [1.29, 1.82) is 0 Å². The maximum absolute atomic E-state index is 4.56. The molecule has 0 aromatic heterocycles. The van der Waals surface area contributed by atoms with Gasteiger partial charge in [0.25, 0.3) is 0 Å². The number of allylic oxidation sites excluding steroid dienone is 2. The third-order valence-electron chi connectivity index (χ3n) is 2.66. The summed E-state index contributed by atoms with van der Waals surface area (Å²) >= 11 is 0. The van der Waals surface area contributed by atoms with Crippen LogP contribution in [0.25, 0.3) is 0 Å². The molecule has 14 heavy (non-hydrogen) atoms. The lowest BCUT2D eigenvalue weighted by molar-refractivity contribution is 1.21. The van der Waals surface area contributed by atoms with E-state index in [9.17, 15) is 0 Å². The molecule has 72 valence electrons. The molecule has 0 saturated carbocycles. The first-order valence-corrected chi connectivity index (χ1v) is 5.02. The van der Waals surface area contributed by atoms with Gasteiger partial charge >= 0.3 is 0 Å². The Labute approximate surface area is 85.2 Å². The van der Waals surface area contributed by atoms with Gasteiger partial charge in [-0.25, -0.2) is 0 Å². The summed E-state index contributed by atoms with van der Waals surface area (Å²) < 4.78 is 0. The molecule has 1 aromatic carbocycles. The fourth-order valence-corrected chi connectivity index (χ4v) is 1.74. The SMILES string of the molecule is CC1=C(C)N=C(Cc2ccccc2)C1. The van der Waals surface area contributed by atoms with Crippen LogP contribution in [-0.4, -0.2) is 5.71 Å². The Morgan fingerprint density at radius 3 is 2.43 bits per heavy atom. The van der Waals surface area contributed by atoms with Crippen molar-refractivity contribution in [2.24, 2.45) is 4.99 Å². The number of nitrogens with zero attached hydrogens (tertiary/aromatic N) is 1.